The minimum Gasteiger partial charge on any atom is -0.288 e. The molecule has 1 rings (SSSR count). The molecule has 0 fully saturated rings. The Morgan fingerprint density at radius 2 is 2.38 bits per heavy atom. The van der Waals surface area contributed by atoms with Crippen LogP contribution < -0.4 is 0 Å². The second-order valence-electron chi connectivity index (χ2n) is 2.74. The average molecular weight is 236 g/mol. The van der Waals surface area contributed by atoms with Crippen molar-refractivity contribution in [3.63, 3.8) is 0 Å². The predicted molar refractivity (Wildman–Crippen MR) is 60.9 cm³/mol. The molecule has 0 aliphatic rings. The molecule has 0 spiro atoms. The van der Waals surface area contributed by atoms with Gasteiger partial charge in [-0.15, -0.1) is 0 Å². The Balaban J connectivity index is 2.61. The van der Waals surface area contributed by atoms with Gasteiger partial charge in [0.2, 0.25) is 0 Å². The highest BCUT2D eigenvalue weighted by atomic mass is 32.2. The summed E-state index contributed by atoms with van der Waals surface area (Å²) in [6.07, 6.45) is 1.15. The van der Waals surface area contributed by atoms with Crippen LogP contribution in [0.3, 0.4) is 0 Å². The summed E-state index contributed by atoms with van der Waals surface area (Å²) in [6.45, 7) is 1.47. The first-order chi connectivity index (χ1) is 7.59. The lowest BCUT2D eigenvalue weighted by Crippen LogP contribution is -1.90. The molecule has 0 saturated carbocycles. The number of rotatable bonds is 2. The van der Waals surface area contributed by atoms with Gasteiger partial charge >= 0.3 is 0 Å². The van der Waals surface area contributed by atoms with Gasteiger partial charge in [-0.3, -0.25) is 14.9 Å². The quantitative estimate of drug-likeness (QED) is 0.443. The third-order valence-corrected chi connectivity index (χ3v) is 2.22. The van der Waals surface area contributed by atoms with Gasteiger partial charge in [-0.2, -0.15) is 0 Å². The number of nitrogens with zero attached hydrogens (tertiary/aromatic N) is 2. The molecule has 0 amide bonds. The Labute approximate surface area is 96.4 Å². The molecule has 0 aromatic carbocycles. The number of hydrogen-bond donors (Lipinski definition) is 0. The minimum absolute atomic E-state index is 0.00552. The van der Waals surface area contributed by atoms with Crippen molar-refractivity contribution in [3.8, 4) is 11.8 Å². The SMILES string of the molecule is CC(=O)SCC#Cc1ccc([N+](=O)[O-])cn1. The molecule has 0 bridgehead atoms. The summed E-state index contributed by atoms with van der Waals surface area (Å²) in [5.41, 5.74) is 0.387. The smallest absolute Gasteiger partial charge is 0.287 e. The molecule has 1 aromatic heterocycles. The zero-order chi connectivity index (χ0) is 12.0. The van der Waals surface area contributed by atoms with Crippen LogP contribution in [0.4, 0.5) is 5.69 Å². The maximum absolute atomic E-state index is 10.6. The van der Waals surface area contributed by atoms with E-state index < -0.39 is 4.92 Å². The zero-order valence-electron chi connectivity index (χ0n) is 8.47. The fourth-order valence-corrected chi connectivity index (χ4v) is 1.18. The number of nitro groups is 1. The highest BCUT2D eigenvalue weighted by Gasteiger charge is 2.03. The van der Waals surface area contributed by atoms with E-state index in [4.69, 9.17) is 0 Å². The molecule has 0 atom stereocenters. The van der Waals surface area contributed by atoms with Crippen molar-refractivity contribution < 1.29 is 9.72 Å². The van der Waals surface area contributed by atoms with Crippen LogP contribution >= 0.6 is 11.8 Å². The van der Waals surface area contributed by atoms with Crippen LogP contribution in [0.15, 0.2) is 18.3 Å². The maximum atomic E-state index is 10.6. The molecule has 0 N–H and O–H groups in total. The van der Waals surface area contributed by atoms with Gasteiger partial charge < -0.3 is 0 Å². The number of carbonyl (C=O) groups is 1. The molecule has 1 heterocycles. The van der Waals surface area contributed by atoms with E-state index in [-0.39, 0.29) is 10.8 Å². The molecule has 16 heavy (non-hydrogen) atoms. The van der Waals surface area contributed by atoms with Gasteiger partial charge in [0.05, 0.1) is 10.7 Å². The van der Waals surface area contributed by atoms with Gasteiger partial charge in [0.25, 0.3) is 5.69 Å². The van der Waals surface area contributed by atoms with Crippen LogP contribution in [0.25, 0.3) is 0 Å². The van der Waals surface area contributed by atoms with Crippen molar-refractivity contribution in [1.29, 1.82) is 0 Å². The molecule has 0 saturated heterocycles. The minimum atomic E-state index is -0.518. The molecule has 0 aliphatic heterocycles. The molecule has 1 aromatic rings. The maximum Gasteiger partial charge on any atom is 0.287 e. The van der Waals surface area contributed by atoms with E-state index in [1.165, 1.54) is 19.1 Å². The Morgan fingerprint density at radius 1 is 1.62 bits per heavy atom. The fraction of sp³-hybridized carbons (Fsp3) is 0.200. The van der Waals surface area contributed by atoms with Crippen molar-refractivity contribution in [2.45, 2.75) is 6.92 Å². The Morgan fingerprint density at radius 3 is 2.88 bits per heavy atom. The summed E-state index contributed by atoms with van der Waals surface area (Å²) in [5, 5.41) is 10.3. The van der Waals surface area contributed by atoms with Crippen LogP contribution in [0.2, 0.25) is 0 Å². The highest BCUT2D eigenvalue weighted by Crippen LogP contribution is 2.08. The Bertz CT molecular complexity index is 459. The third kappa shape index (κ3) is 4.11. The van der Waals surface area contributed by atoms with Crippen LogP contribution in [-0.2, 0) is 4.79 Å². The average Bonchev–Trinajstić information content (AvgIpc) is 2.25. The van der Waals surface area contributed by atoms with Crippen molar-refractivity contribution in [2.75, 3.05) is 5.75 Å². The normalized spacial score (nSPS) is 9.06. The Kier molecular flexibility index (Phi) is 4.48. The van der Waals surface area contributed by atoms with E-state index in [0.717, 1.165) is 18.0 Å². The number of hydrogen-bond acceptors (Lipinski definition) is 5. The van der Waals surface area contributed by atoms with Gasteiger partial charge in [0.15, 0.2) is 5.12 Å². The van der Waals surface area contributed by atoms with Crippen molar-refractivity contribution in [3.05, 3.63) is 34.1 Å². The van der Waals surface area contributed by atoms with Crippen LogP contribution in [0, 0.1) is 22.0 Å². The van der Waals surface area contributed by atoms with Gasteiger partial charge in [0, 0.05) is 13.0 Å². The molecule has 82 valence electrons. The first kappa shape index (κ1) is 12.2. The van der Waals surface area contributed by atoms with E-state index in [0.29, 0.717) is 11.4 Å². The predicted octanol–water partition coefficient (Wildman–Crippen LogP) is 1.62. The zero-order valence-corrected chi connectivity index (χ0v) is 9.28. The van der Waals surface area contributed by atoms with Crippen LogP contribution in [0.1, 0.15) is 12.6 Å². The molecular weight excluding hydrogens is 228 g/mol. The number of aromatic nitrogens is 1. The lowest BCUT2D eigenvalue weighted by Gasteiger charge is -1.90. The van der Waals surface area contributed by atoms with Crippen molar-refractivity contribution in [1.82, 2.24) is 4.98 Å². The van der Waals surface area contributed by atoms with E-state index in [1.807, 2.05) is 0 Å². The topological polar surface area (TPSA) is 73.1 Å². The molecule has 0 unspecified atom stereocenters. The van der Waals surface area contributed by atoms with Crippen molar-refractivity contribution in [2.24, 2.45) is 0 Å². The summed E-state index contributed by atoms with van der Waals surface area (Å²) < 4.78 is 0. The summed E-state index contributed by atoms with van der Waals surface area (Å²) in [4.78, 5) is 24.2. The van der Waals surface area contributed by atoms with Crippen LogP contribution in [-0.4, -0.2) is 20.8 Å². The van der Waals surface area contributed by atoms with Crippen LogP contribution in [0.5, 0.6) is 0 Å². The second kappa shape index (κ2) is 5.88. The highest BCUT2D eigenvalue weighted by molar-refractivity contribution is 8.13. The first-order valence-electron chi connectivity index (χ1n) is 4.32. The number of thioether (sulfide) groups is 1. The second-order valence-corrected chi connectivity index (χ2v) is 3.89. The monoisotopic (exact) mass is 236 g/mol. The molecular formula is C10H8N2O3S. The Hall–Kier alpha value is -1.87. The lowest BCUT2D eigenvalue weighted by molar-refractivity contribution is -0.385. The van der Waals surface area contributed by atoms with E-state index >= 15 is 0 Å². The molecule has 5 nitrogen and oxygen atoms in total. The van der Waals surface area contributed by atoms with Gasteiger partial charge in [-0.1, -0.05) is 17.7 Å². The summed E-state index contributed by atoms with van der Waals surface area (Å²) in [6, 6.07) is 2.82. The van der Waals surface area contributed by atoms with E-state index in [2.05, 4.69) is 16.8 Å². The largest absolute Gasteiger partial charge is 0.288 e. The number of carbonyl (C=O) groups excluding carboxylic acids is 1. The van der Waals surface area contributed by atoms with E-state index in [1.54, 1.807) is 0 Å². The number of pyridine rings is 1. The van der Waals surface area contributed by atoms with Gasteiger partial charge in [-0.25, -0.2) is 4.98 Å². The molecule has 6 heteroatoms. The molecule has 0 aliphatic carbocycles. The first-order valence-corrected chi connectivity index (χ1v) is 5.31. The van der Waals surface area contributed by atoms with E-state index in [9.17, 15) is 14.9 Å². The summed E-state index contributed by atoms with van der Waals surface area (Å²) in [5.74, 6) is 5.85. The standard InChI is InChI=1S/C10H8N2O3S/c1-8(13)16-6-2-3-9-4-5-10(7-11-9)12(14)15/h4-5,7H,6H2,1H3. The molecule has 0 radical (unpaired) electrons. The fourth-order valence-electron chi connectivity index (χ4n) is 0.832. The van der Waals surface area contributed by atoms with Crippen molar-refractivity contribution >= 4 is 22.6 Å². The van der Waals surface area contributed by atoms with Gasteiger partial charge in [-0.05, 0) is 12.0 Å². The third-order valence-electron chi connectivity index (χ3n) is 1.52. The summed E-state index contributed by atoms with van der Waals surface area (Å²) >= 11 is 1.11. The lowest BCUT2D eigenvalue weighted by atomic mass is 10.3. The summed E-state index contributed by atoms with van der Waals surface area (Å²) in [7, 11) is 0. The van der Waals surface area contributed by atoms with Gasteiger partial charge in [0.1, 0.15) is 11.9 Å².